The summed E-state index contributed by atoms with van der Waals surface area (Å²) in [4.78, 5) is 0. The molecule has 106 valence electrons. The fourth-order valence-electron chi connectivity index (χ4n) is 2.27. The van der Waals surface area contributed by atoms with E-state index in [0.717, 1.165) is 5.75 Å². The van der Waals surface area contributed by atoms with Crippen LogP contribution in [0.4, 0.5) is 5.69 Å². The van der Waals surface area contributed by atoms with Crippen LogP contribution in [-0.4, -0.2) is 7.11 Å². The lowest BCUT2D eigenvalue weighted by atomic mass is 9.98. The predicted octanol–water partition coefficient (Wildman–Crippen LogP) is 4.50. The van der Waals surface area contributed by atoms with Gasteiger partial charge in [-0.25, -0.2) is 0 Å². The highest BCUT2D eigenvalue weighted by molar-refractivity contribution is 5.51. The minimum atomic E-state index is 0.511. The molecule has 2 N–H and O–H groups in total. The molecule has 3 nitrogen and oxygen atoms in total. The number of rotatable bonds is 4. The van der Waals surface area contributed by atoms with Crippen molar-refractivity contribution >= 4 is 5.69 Å². The fraction of sp³-hybridized carbons (Fsp3) is 0.294. The third kappa shape index (κ3) is 3.23. The van der Waals surface area contributed by atoms with Crippen molar-refractivity contribution in [3.63, 3.8) is 0 Å². The first-order valence-electron chi connectivity index (χ1n) is 6.72. The molecule has 20 heavy (non-hydrogen) atoms. The van der Waals surface area contributed by atoms with Crippen molar-refractivity contribution in [2.24, 2.45) is 0 Å². The Labute approximate surface area is 120 Å². The van der Waals surface area contributed by atoms with Gasteiger partial charge in [0.05, 0.1) is 7.11 Å². The van der Waals surface area contributed by atoms with Crippen LogP contribution >= 0.6 is 0 Å². The Kier molecular flexibility index (Phi) is 4.18. The van der Waals surface area contributed by atoms with E-state index in [4.69, 9.17) is 15.2 Å². The van der Waals surface area contributed by atoms with Gasteiger partial charge < -0.3 is 15.2 Å². The number of methoxy groups -OCH3 is 1. The van der Waals surface area contributed by atoms with Gasteiger partial charge in [0, 0.05) is 23.9 Å². The van der Waals surface area contributed by atoms with Gasteiger partial charge in [0.15, 0.2) is 0 Å². The van der Waals surface area contributed by atoms with Crippen LogP contribution in [0.25, 0.3) is 0 Å². The van der Waals surface area contributed by atoms with Gasteiger partial charge in [-0.05, 0) is 36.1 Å². The number of ether oxygens (including phenoxy) is 2. The molecule has 2 aromatic rings. The SMILES string of the molecule is COc1cc(N)cc(Oc2ccc(C(C)C)c(C)c2)c1. The zero-order chi connectivity index (χ0) is 14.7. The molecule has 0 fully saturated rings. The van der Waals surface area contributed by atoms with Gasteiger partial charge in [-0.1, -0.05) is 19.9 Å². The van der Waals surface area contributed by atoms with Crippen LogP contribution in [0.15, 0.2) is 36.4 Å². The summed E-state index contributed by atoms with van der Waals surface area (Å²) in [6.45, 7) is 6.47. The van der Waals surface area contributed by atoms with Gasteiger partial charge in [-0.3, -0.25) is 0 Å². The molecule has 2 rings (SSSR count). The van der Waals surface area contributed by atoms with Crippen LogP contribution < -0.4 is 15.2 Å². The molecule has 0 bridgehead atoms. The molecule has 0 radical (unpaired) electrons. The molecule has 0 spiro atoms. The zero-order valence-corrected chi connectivity index (χ0v) is 12.4. The Morgan fingerprint density at radius 3 is 2.25 bits per heavy atom. The number of aryl methyl sites for hydroxylation is 1. The average molecular weight is 271 g/mol. The van der Waals surface area contributed by atoms with Crippen molar-refractivity contribution in [2.75, 3.05) is 12.8 Å². The fourth-order valence-corrected chi connectivity index (χ4v) is 2.27. The minimum Gasteiger partial charge on any atom is -0.497 e. The van der Waals surface area contributed by atoms with Crippen molar-refractivity contribution in [2.45, 2.75) is 26.7 Å². The summed E-state index contributed by atoms with van der Waals surface area (Å²) in [5, 5.41) is 0. The highest BCUT2D eigenvalue weighted by Gasteiger charge is 2.06. The Morgan fingerprint density at radius 2 is 1.65 bits per heavy atom. The van der Waals surface area contributed by atoms with E-state index >= 15 is 0 Å². The second kappa shape index (κ2) is 5.87. The highest BCUT2D eigenvalue weighted by Crippen LogP contribution is 2.30. The second-order valence-corrected chi connectivity index (χ2v) is 5.22. The Morgan fingerprint density at radius 1 is 0.950 bits per heavy atom. The first-order valence-corrected chi connectivity index (χ1v) is 6.72. The number of nitrogen functional groups attached to an aromatic ring is 1. The van der Waals surface area contributed by atoms with Crippen LogP contribution in [-0.2, 0) is 0 Å². The molecule has 0 aliphatic heterocycles. The van der Waals surface area contributed by atoms with Gasteiger partial charge in [0.25, 0.3) is 0 Å². The van der Waals surface area contributed by atoms with Crippen molar-refractivity contribution in [1.29, 1.82) is 0 Å². The lowest BCUT2D eigenvalue weighted by Crippen LogP contribution is -1.94. The van der Waals surface area contributed by atoms with Crippen LogP contribution in [0.2, 0.25) is 0 Å². The number of anilines is 1. The van der Waals surface area contributed by atoms with Gasteiger partial charge in [0.2, 0.25) is 0 Å². The van der Waals surface area contributed by atoms with Gasteiger partial charge in [-0.15, -0.1) is 0 Å². The Hall–Kier alpha value is -2.16. The molecule has 3 heteroatoms. The van der Waals surface area contributed by atoms with E-state index in [-0.39, 0.29) is 0 Å². The predicted molar refractivity (Wildman–Crippen MR) is 82.7 cm³/mol. The zero-order valence-electron chi connectivity index (χ0n) is 12.4. The van der Waals surface area contributed by atoms with E-state index in [9.17, 15) is 0 Å². The van der Waals surface area contributed by atoms with Crippen molar-refractivity contribution in [3.8, 4) is 17.2 Å². The van der Waals surface area contributed by atoms with Gasteiger partial charge in [-0.2, -0.15) is 0 Å². The number of nitrogens with two attached hydrogens (primary N) is 1. The quantitative estimate of drug-likeness (QED) is 0.832. The maximum atomic E-state index is 5.86. The number of hydrogen-bond donors (Lipinski definition) is 1. The third-order valence-corrected chi connectivity index (χ3v) is 3.24. The topological polar surface area (TPSA) is 44.5 Å². The van der Waals surface area contributed by atoms with Crippen LogP contribution in [0, 0.1) is 6.92 Å². The highest BCUT2D eigenvalue weighted by atomic mass is 16.5. The molecule has 0 atom stereocenters. The summed E-state index contributed by atoms with van der Waals surface area (Å²) in [6, 6.07) is 11.5. The molecule has 0 aliphatic carbocycles. The molecule has 2 aromatic carbocycles. The molecular weight excluding hydrogens is 250 g/mol. The lowest BCUT2D eigenvalue weighted by molar-refractivity contribution is 0.409. The van der Waals surface area contributed by atoms with E-state index in [1.165, 1.54) is 11.1 Å². The molecule has 0 heterocycles. The van der Waals surface area contributed by atoms with Gasteiger partial charge in [0.1, 0.15) is 17.2 Å². The van der Waals surface area contributed by atoms with Gasteiger partial charge >= 0.3 is 0 Å². The van der Waals surface area contributed by atoms with E-state index in [0.29, 0.717) is 23.1 Å². The number of benzene rings is 2. The third-order valence-electron chi connectivity index (χ3n) is 3.24. The molecule has 0 unspecified atom stereocenters. The molecule has 0 amide bonds. The number of hydrogen-bond acceptors (Lipinski definition) is 3. The van der Waals surface area contributed by atoms with Crippen LogP contribution in [0.5, 0.6) is 17.2 Å². The largest absolute Gasteiger partial charge is 0.497 e. The molecule has 0 aliphatic rings. The molecule has 0 saturated heterocycles. The monoisotopic (exact) mass is 271 g/mol. The van der Waals surface area contributed by atoms with E-state index < -0.39 is 0 Å². The molecule has 0 saturated carbocycles. The van der Waals surface area contributed by atoms with Crippen molar-refractivity contribution in [3.05, 3.63) is 47.5 Å². The summed E-state index contributed by atoms with van der Waals surface area (Å²) in [5.74, 6) is 2.69. The standard InChI is InChI=1S/C17H21NO2/c1-11(2)17-6-5-14(7-12(17)3)20-16-9-13(18)8-15(10-16)19-4/h5-11H,18H2,1-4H3. The molecular formula is C17H21NO2. The Bertz CT molecular complexity index is 606. The maximum Gasteiger partial charge on any atom is 0.133 e. The van der Waals surface area contributed by atoms with Crippen LogP contribution in [0.3, 0.4) is 0 Å². The summed E-state index contributed by atoms with van der Waals surface area (Å²) < 4.78 is 11.0. The van der Waals surface area contributed by atoms with E-state index in [1.54, 1.807) is 19.2 Å². The van der Waals surface area contributed by atoms with Crippen molar-refractivity contribution < 1.29 is 9.47 Å². The summed E-state index contributed by atoms with van der Waals surface area (Å²) in [5.41, 5.74) is 9.01. The maximum absolute atomic E-state index is 5.86. The first kappa shape index (κ1) is 14.3. The minimum absolute atomic E-state index is 0.511. The first-order chi connectivity index (χ1) is 9.49. The average Bonchev–Trinajstić information content (AvgIpc) is 2.37. The summed E-state index contributed by atoms with van der Waals surface area (Å²) in [6.07, 6.45) is 0. The lowest BCUT2D eigenvalue weighted by Gasteiger charge is -2.13. The van der Waals surface area contributed by atoms with Crippen molar-refractivity contribution in [1.82, 2.24) is 0 Å². The van der Waals surface area contributed by atoms with Crippen LogP contribution in [0.1, 0.15) is 30.9 Å². The van der Waals surface area contributed by atoms with E-state index in [1.807, 2.05) is 18.2 Å². The molecule has 0 aromatic heterocycles. The van der Waals surface area contributed by atoms with E-state index in [2.05, 4.69) is 26.8 Å². The summed E-state index contributed by atoms with van der Waals surface area (Å²) >= 11 is 0. The smallest absolute Gasteiger partial charge is 0.133 e. The summed E-state index contributed by atoms with van der Waals surface area (Å²) in [7, 11) is 1.61. The second-order valence-electron chi connectivity index (χ2n) is 5.22. The normalized spacial score (nSPS) is 10.7. The Balaban J connectivity index is 2.26.